The van der Waals surface area contributed by atoms with E-state index in [2.05, 4.69) is 37.3 Å². The van der Waals surface area contributed by atoms with Crippen LogP contribution in [0.25, 0.3) is 10.8 Å². The molecule has 0 radical (unpaired) electrons. The lowest BCUT2D eigenvalue weighted by Gasteiger charge is -2.35. The predicted molar refractivity (Wildman–Crippen MR) is 98.8 cm³/mol. The molecule has 0 bridgehead atoms. The van der Waals surface area contributed by atoms with E-state index in [-0.39, 0.29) is 4.75 Å². The van der Waals surface area contributed by atoms with Crippen LogP contribution in [0.2, 0.25) is 5.02 Å². The lowest BCUT2D eigenvalue weighted by molar-refractivity contribution is 0.391. The highest BCUT2D eigenvalue weighted by atomic mass is 35.5. The van der Waals surface area contributed by atoms with Crippen molar-refractivity contribution in [3.8, 4) is 0 Å². The van der Waals surface area contributed by atoms with Gasteiger partial charge in [0, 0.05) is 20.1 Å². The molecule has 3 rings (SSSR count). The number of rotatable bonds is 5. The summed E-state index contributed by atoms with van der Waals surface area (Å²) in [6.45, 7) is 3.14. The molecule has 1 atom stereocenters. The van der Waals surface area contributed by atoms with E-state index in [1.165, 1.54) is 36.0 Å². The minimum Gasteiger partial charge on any atom is -0.330 e. The Labute approximate surface area is 142 Å². The molecule has 2 N–H and O–H groups in total. The molecule has 22 heavy (non-hydrogen) atoms. The van der Waals surface area contributed by atoms with Gasteiger partial charge in [-0.05, 0) is 56.2 Å². The third-order valence-electron chi connectivity index (χ3n) is 5.00. The van der Waals surface area contributed by atoms with E-state index in [1.807, 2.05) is 17.8 Å². The van der Waals surface area contributed by atoms with E-state index < -0.39 is 0 Å². The third kappa shape index (κ3) is 3.29. The van der Waals surface area contributed by atoms with Crippen LogP contribution in [0.15, 0.2) is 41.3 Å². The second-order valence-corrected chi connectivity index (χ2v) is 8.58. The highest BCUT2D eigenvalue weighted by molar-refractivity contribution is 8.00. The molecule has 1 aliphatic rings. The first-order valence-corrected chi connectivity index (χ1v) is 9.39. The maximum atomic E-state index is 6.49. The first-order valence-electron chi connectivity index (χ1n) is 8.20. The molecule has 0 aliphatic heterocycles. The summed E-state index contributed by atoms with van der Waals surface area (Å²) in [5.41, 5.74) is 5.92. The molecule has 1 aliphatic carbocycles. The van der Waals surface area contributed by atoms with Gasteiger partial charge in [0.15, 0.2) is 0 Å². The summed E-state index contributed by atoms with van der Waals surface area (Å²) in [6.07, 6.45) is 6.47. The van der Waals surface area contributed by atoms with Crippen molar-refractivity contribution in [1.82, 2.24) is 0 Å². The molecular weight excluding hydrogens is 310 g/mol. The average Bonchev–Trinajstić information content (AvgIpc) is 3.02. The Kier molecular flexibility index (Phi) is 5.01. The van der Waals surface area contributed by atoms with Crippen molar-refractivity contribution < 1.29 is 0 Å². The van der Waals surface area contributed by atoms with Crippen LogP contribution in [0.1, 0.15) is 39.0 Å². The third-order valence-corrected chi connectivity index (χ3v) is 6.78. The minimum atomic E-state index is 0.219. The van der Waals surface area contributed by atoms with Crippen molar-refractivity contribution in [3.63, 3.8) is 0 Å². The number of hydrogen-bond acceptors (Lipinski definition) is 2. The van der Waals surface area contributed by atoms with Crippen molar-refractivity contribution in [2.45, 2.75) is 48.7 Å². The quantitative estimate of drug-likeness (QED) is 0.691. The molecule has 0 saturated heterocycles. The molecule has 2 aromatic carbocycles. The maximum absolute atomic E-state index is 6.49. The van der Waals surface area contributed by atoms with Crippen LogP contribution in [0, 0.1) is 5.92 Å². The standard InChI is InChI=1S/C19H24ClNS/c1-19(10-11-21,15-7-3-4-8-15)22-16-12-14-6-2-5-9-17(14)18(20)13-16/h2,5-6,9,12-13,15H,3-4,7-8,10-11,21H2,1H3. The molecule has 118 valence electrons. The molecule has 2 aromatic rings. The first-order chi connectivity index (χ1) is 10.6. The summed E-state index contributed by atoms with van der Waals surface area (Å²) in [4.78, 5) is 1.27. The van der Waals surface area contributed by atoms with E-state index in [1.54, 1.807) is 0 Å². The number of thioether (sulfide) groups is 1. The Morgan fingerprint density at radius 3 is 2.68 bits per heavy atom. The summed E-state index contributed by atoms with van der Waals surface area (Å²) < 4.78 is 0.219. The number of fused-ring (bicyclic) bond motifs is 1. The lowest BCUT2D eigenvalue weighted by Crippen LogP contribution is -2.32. The van der Waals surface area contributed by atoms with Gasteiger partial charge in [-0.25, -0.2) is 0 Å². The predicted octanol–water partition coefficient (Wildman–Crippen LogP) is 5.88. The van der Waals surface area contributed by atoms with Gasteiger partial charge < -0.3 is 5.73 Å². The van der Waals surface area contributed by atoms with Crippen molar-refractivity contribution in [1.29, 1.82) is 0 Å². The molecule has 0 heterocycles. The van der Waals surface area contributed by atoms with Crippen LogP contribution < -0.4 is 5.73 Å². The molecule has 3 heteroatoms. The van der Waals surface area contributed by atoms with Gasteiger partial charge in [0.2, 0.25) is 0 Å². The topological polar surface area (TPSA) is 26.0 Å². The Morgan fingerprint density at radius 2 is 1.95 bits per heavy atom. The van der Waals surface area contributed by atoms with Gasteiger partial charge in [0.1, 0.15) is 0 Å². The van der Waals surface area contributed by atoms with E-state index in [4.69, 9.17) is 17.3 Å². The molecule has 0 spiro atoms. The summed E-state index contributed by atoms with van der Waals surface area (Å²) in [5.74, 6) is 0.770. The van der Waals surface area contributed by atoms with E-state index in [0.717, 1.165) is 29.3 Å². The van der Waals surface area contributed by atoms with Gasteiger partial charge in [-0.1, -0.05) is 48.7 Å². The smallest absolute Gasteiger partial charge is 0.0495 e. The molecule has 1 saturated carbocycles. The molecular formula is C19H24ClNS. The van der Waals surface area contributed by atoms with Crippen LogP contribution >= 0.6 is 23.4 Å². The summed E-state index contributed by atoms with van der Waals surface area (Å²) in [6, 6.07) is 12.7. The van der Waals surface area contributed by atoms with Gasteiger partial charge in [-0.2, -0.15) is 0 Å². The average molecular weight is 334 g/mol. The Balaban J connectivity index is 1.92. The minimum absolute atomic E-state index is 0.219. The van der Waals surface area contributed by atoms with Crippen molar-refractivity contribution in [2.75, 3.05) is 6.54 Å². The van der Waals surface area contributed by atoms with Crippen LogP contribution in [0.5, 0.6) is 0 Å². The van der Waals surface area contributed by atoms with Gasteiger partial charge >= 0.3 is 0 Å². The maximum Gasteiger partial charge on any atom is 0.0495 e. The molecule has 0 amide bonds. The van der Waals surface area contributed by atoms with Crippen molar-refractivity contribution in [2.24, 2.45) is 11.7 Å². The van der Waals surface area contributed by atoms with Gasteiger partial charge in [-0.15, -0.1) is 11.8 Å². The van der Waals surface area contributed by atoms with Gasteiger partial charge in [0.25, 0.3) is 0 Å². The molecule has 0 aromatic heterocycles. The first kappa shape index (κ1) is 16.2. The molecule has 1 fully saturated rings. The number of nitrogens with two attached hydrogens (primary N) is 1. The fourth-order valence-corrected chi connectivity index (χ4v) is 5.61. The van der Waals surface area contributed by atoms with E-state index in [9.17, 15) is 0 Å². The highest BCUT2D eigenvalue weighted by Gasteiger charge is 2.36. The molecule has 1 unspecified atom stereocenters. The molecule has 1 nitrogen and oxygen atoms in total. The summed E-state index contributed by atoms with van der Waals surface area (Å²) >= 11 is 8.47. The Morgan fingerprint density at radius 1 is 1.23 bits per heavy atom. The van der Waals surface area contributed by atoms with E-state index >= 15 is 0 Å². The fourth-order valence-electron chi connectivity index (χ4n) is 3.73. The summed E-state index contributed by atoms with van der Waals surface area (Å²) in [7, 11) is 0. The highest BCUT2D eigenvalue weighted by Crippen LogP contribution is 2.48. The zero-order valence-electron chi connectivity index (χ0n) is 13.1. The summed E-state index contributed by atoms with van der Waals surface area (Å²) in [5, 5.41) is 3.20. The Bertz CT molecular complexity index is 651. The Hall–Kier alpha value is -0.700. The number of halogens is 1. The van der Waals surface area contributed by atoms with Crippen molar-refractivity contribution in [3.05, 3.63) is 41.4 Å². The van der Waals surface area contributed by atoms with Crippen molar-refractivity contribution >= 4 is 34.1 Å². The van der Waals surface area contributed by atoms with Gasteiger partial charge in [-0.3, -0.25) is 0 Å². The largest absolute Gasteiger partial charge is 0.330 e. The number of benzene rings is 2. The number of hydrogen-bond donors (Lipinski definition) is 1. The second-order valence-electron chi connectivity index (χ2n) is 6.56. The van der Waals surface area contributed by atoms with Crippen LogP contribution in [0.4, 0.5) is 0 Å². The van der Waals surface area contributed by atoms with Crippen LogP contribution in [-0.2, 0) is 0 Å². The van der Waals surface area contributed by atoms with Gasteiger partial charge in [0.05, 0.1) is 0 Å². The second kappa shape index (κ2) is 6.82. The monoisotopic (exact) mass is 333 g/mol. The SMILES string of the molecule is CC(CCN)(Sc1cc(Cl)c2ccccc2c1)C1CCCC1. The van der Waals surface area contributed by atoms with Crippen LogP contribution in [0.3, 0.4) is 0 Å². The fraction of sp³-hybridized carbons (Fsp3) is 0.474. The van der Waals surface area contributed by atoms with E-state index in [0.29, 0.717) is 0 Å². The zero-order valence-corrected chi connectivity index (χ0v) is 14.7. The normalized spacial score (nSPS) is 18.7. The lowest BCUT2D eigenvalue weighted by atomic mass is 9.89. The zero-order chi connectivity index (χ0) is 15.6. The van der Waals surface area contributed by atoms with Crippen LogP contribution in [-0.4, -0.2) is 11.3 Å².